The zero-order valence-electron chi connectivity index (χ0n) is 32.3. The molecule has 0 spiro atoms. The normalized spacial score (nSPS) is 12.6. The van der Waals surface area contributed by atoms with E-state index in [2.05, 4.69) is 15.4 Å². The molecule has 0 radical (unpaired) electrons. The number of hydrogen-bond acceptors (Lipinski definition) is 11. The summed E-state index contributed by atoms with van der Waals surface area (Å²) in [5.41, 5.74) is 0.957. The van der Waals surface area contributed by atoms with E-state index in [1.165, 1.54) is 48.4 Å². The number of rotatable bonds is 16. The van der Waals surface area contributed by atoms with Crippen LogP contribution in [0, 0.1) is 0 Å². The van der Waals surface area contributed by atoms with Crippen molar-refractivity contribution in [3.05, 3.63) is 108 Å². The minimum Gasteiger partial charge on any atom is -0.497 e. The van der Waals surface area contributed by atoms with Crippen LogP contribution in [0.5, 0.6) is 17.2 Å². The second kappa shape index (κ2) is 17.1. The molecule has 1 aromatic heterocycles. The van der Waals surface area contributed by atoms with E-state index in [9.17, 15) is 18.3 Å². The zero-order valence-corrected chi connectivity index (χ0v) is 33.9. The quantitative estimate of drug-likeness (QED) is 0.128. The summed E-state index contributed by atoms with van der Waals surface area (Å²) in [6.07, 6.45) is -1.32. The number of carboxylic acid groups (broad SMARTS) is 1. The van der Waals surface area contributed by atoms with Gasteiger partial charge >= 0.3 is 6.09 Å². The number of nitrogens with zero attached hydrogens (tertiary/aromatic N) is 6. The van der Waals surface area contributed by atoms with Crippen molar-refractivity contribution in [1.29, 1.82) is 0 Å². The van der Waals surface area contributed by atoms with E-state index in [0.29, 0.717) is 28.4 Å². The molecule has 0 aliphatic rings. The number of amides is 1. The molecule has 0 aliphatic carbocycles. The first-order valence-electron chi connectivity index (χ1n) is 17.5. The van der Waals surface area contributed by atoms with Crippen LogP contribution in [0.4, 0.5) is 4.79 Å². The summed E-state index contributed by atoms with van der Waals surface area (Å²) >= 11 is 0. The van der Waals surface area contributed by atoms with Crippen LogP contribution in [0.2, 0.25) is 0 Å². The molecular weight excluding hydrogens is 761 g/mol. The Labute approximate surface area is 327 Å². The summed E-state index contributed by atoms with van der Waals surface area (Å²) in [4.78, 5) is 13.5. The highest BCUT2D eigenvalue weighted by molar-refractivity contribution is 7.94. The van der Waals surface area contributed by atoms with Crippen LogP contribution in [0.15, 0.2) is 101 Å². The van der Waals surface area contributed by atoms with E-state index in [0.717, 1.165) is 10.5 Å². The molecule has 0 saturated carbocycles. The van der Waals surface area contributed by atoms with Crippen LogP contribution in [-0.4, -0.2) is 96.1 Å². The Balaban J connectivity index is 1.69. The molecule has 5 aromatic rings. The van der Waals surface area contributed by atoms with Crippen molar-refractivity contribution in [2.75, 3.05) is 27.9 Å². The highest BCUT2D eigenvalue weighted by Crippen LogP contribution is 2.37. The minimum absolute atomic E-state index is 0.0976. The highest BCUT2D eigenvalue weighted by Gasteiger charge is 2.39. The average molecular weight is 807 g/mol. The van der Waals surface area contributed by atoms with Crippen molar-refractivity contribution in [2.24, 2.45) is 0 Å². The van der Waals surface area contributed by atoms with E-state index in [1.807, 2.05) is 12.1 Å². The van der Waals surface area contributed by atoms with E-state index >= 15 is 8.42 Å². The van der Waals surface area contributed by atoms with Crippen LogP contribution >= 0.6 is 0 Å². The first-order chi connectivity index (χ1) is 26.5. The first kappa shape index (κ1) is 41.6. The molecule has 298 valence electrons. The lowest BCUT2D eigenvalue weighted by atomic mass is 10.1. The molecule has 1 heterocycles. The molecule has 4 aromatic carbocycles. The van der Waals surface area contributed by atoms with E-state index in [-0.39, 0.29) is 31.0 Å². The lowest BCUT2D eigenvalue weighted by molar-refractivity contribution is 0.101. The van der Waals surface area contributed by atoms with Crippen molar-refractivity contribution in [3.8, 4) is 28.6 Å². The molecule has 0 fully saturated rings. The molecule has 1 unspecified atom stereocenters. The number of benzene rings is 4. The molecule has 1 atom stereocenters. The maximum atomic E-state index is 15.3. The lowest BCUT2D eigenvalue weighted by Gasteiger charge is -2.35. The SMILES string of the molecule is COc1ccc(CN(Cc2ccc(OC)cc2)S(=O)(=O)c2c(-c3nnn(Cc4ccc(OC)cc4)n3)cccc2S(=O)(=O)C(C)CN(C(=O)O)C(C)(C)C)cc1. The predicted molar refractivity (Wildman–Crippen MR) is 209 cm³/mol. The maximum Gasteiger partial charge on any atom is 0.407 e. The molecule has 17 heteroatoms. The number of tetrazole rings is 1. The van der Waals surface area contributed by atoms with E-state index < -0.39 is 53.1 Å². The fourth-order valence-electron chi connectivity index (χ4n) is 5.93. The first-order valence-corrected chi connectivity index (χ1v) is 20.5. The molecule has 0 aliphatic heterocycles. The molecule has 0 saturated heterocycles. The fourth-order valence-corrected chi connectivity index (χ4v) is 9.66. The summed E-state index contributed by atoms with van der Waals surface area (Å²) < 4.78 is 77.0. The number of carbonyl (C=O) groups is 1. The smallest absolute Gasteiger partial charge is 0.407 e. The van der Waals surface area contributed by atoms with Gasteiger partial charge in [0.05, 0.1) is 38.0 Å². The maximum absolute atomic E-state index is 15.3. The number of aromatic nitrogens is 4. The summed E-state index contributed by atoms with van der Waals surface area (Å²) in [6.45, 7) is 5.73. The molecule has 56 heavy (non-hydrogen) atoms. The fraction of sp³-hybridized carbons (Fsp3) is 0.333. The topological polar surface area (TPSA) is 183 Å². The van der Waals surface area contributed by atoms with Crippen molar-refractivity contribution < 1.29 is 40.9 Å². The van der Waals surface area contributed by atoms with E-state index in [1.54, 1.807) is 88.5 Å². The number of sulfonamides is 1. The van der Waals surface area contributed by atoms with Gasteiger partial charge in [0.25, 0.3) is 0 Å². The number of ether oxygens (including phenoxy) is 3. The van der Waals surface area contributed by atoms with Crippen molar-refractivity contribution in [1.82, 2.24) is 29.4 Å². The Hall–Kier alpha value is -5.52. The van der Waals surface area contributed by atoms with Gasteiger partial charge in [-0.05, 0) is 98.1 Å². The van der Waals surface area contributed by atoms with Gasteiger partial charge < -0.3 is 24.2 Å². The lowest BCUT2D eigenvalue weighted by Crippen LogP contribution is -2.49. The second-order valence-corrected chi connectivity index (χ2v) is 18.2. The molecule has 5 rings (SSSR count). The molecule has 1 N–H and O–H groups in total. The van der Waals surface area contributed by atoms with Crippen LogP contribution in [0.25, 0.3) is 11.4 Å². The van der Waals surface area contributed by atoms with Gasteiger partial charge in [-0.1, -0.05) is 42.5 Å². The van der Waals surface area contributed by atoms with E-state index in [4.69, 9.17) is 14.2 Å². The minimum atomic E-state index is -4.75. The van der Waals surface area contributed by atoms with Gasteiger partial charge in [0.15, 0.2) is 9.84 Å². The molecule has 0 bridgehead atoms. The average Bonchev–Trinajstić information content (AvgIpc) is 3.64. The Morgan fingerprint density at radius 3 is 1.70 bits per heavy atom. The third-order valence-corrected chi connectivity index (χ3v) is 13.3. The van der Waals surface area contributed by atoms with Crippen molar-refractivity contribution in [3.63, 3.8) is 0 Å². The van der Waals surface area contributed by atoms with Gasteiger partial charge in [-0.2, -0.15) is 9.10 Å². The summed E-state index contributed by atoms with van der Waals surface area (Å²) in [5, 5.41) is 21.5. The van der Waals surface area contributed by atoms with Gasteiger partial charge in [0, 0.05) is 30.7 Å². The number of methoxy groups -OCH3 is 3. The van der Waals surface area contributed by atoms with Crippen molar-refractivity contribution in [2.45, 2.75) is 67.9 Å². The number of hydrogen-bond donors (Lipinski definition) is 1. The molecule has 15 nitrogen and oxygen atoms in total. The van der Waals surface area contributed by atoms with Crippen LogP contribution in [0.3, 0.4) is 0 Å². The van der Waals surface area contributed by atoms with Gasteiger partial charge in [-0.15, -0.1) is 10.2 Å². The third-order valence-electron chi connectivity index (χ3n) is 9.11. The zero-order chi connectivity index (χ0) is 40.8. The second-order valence-electron chi connectivity index (χ2n) is 14.0. The Kier molecular flexibility index (Phi) is 12.7. The van der Waals surface area contributed by atoms with Crippen LogP contribution < -0.4 is 14.2 Å². The summed E-state index contributed by atoms with van der Waals surface area (Å²) in [7, 11) is -4.71. The van der Waals surface area contributed by atoms with Crippen molar-refractivity contribution >= 4 is 26.0 Å². The standard InChI is InChI=1S/C39H46N6O9S2/c1-27(23-44(38(46)47)39(2,3)4)55(48,49)35-10-8-9-34(37-40-42-45(41-37)26-30-15-21-33(54-7)22-16-30)36(35)56(50,51)43(24-28-11-17-31(52-5)18-12-28)25-29-13-19-32(53-6)20-14-29/h8-22,27H,23-26H2,1-7H3,(H,46,47). The number of sulfone groups is 1. The summed E-state index contributed by atoms with van der Waals surface area (Å²) in [5.74, 6) is 1.67. The monoisotopic (exact) mass is 806 g/mol. The molecular formula is C39H46N6O9S2. The highest BCUT2D eigenvalue weighted by atomic mass is 32.2. The van der Waals surface area contributed by atoms with Crippen LogP contribution in [-0.2, 0) is 39.5 Å². The van der Waals surface area contributed by atoms with Gasteiger partial charge in [-0.3, -0.25) is 0 Å². The van der Waals surface area contributed by atoms with Crippen LogP contribution in [0.1, 0.15) is 44.4 Å². The predicted octanol–water partition coefficient (Wildman–Crippen LogP) is 5.75. The van der Waals surface area contributed by atoms with Gasteiger partial charge in [0.1, 0.15) is 22.1 Å². The summed E-state index contributed by atoms with van der Waals surface area (Å²) in [6, 6.07) is 24.9. The Morgan fingerprint density at radius 1 is 0.768 bits per heavy atom. The molecule has 1 amide bonds. The largest absolute Gasteiger partial charge is 0.497 e. The van der Waals surface area contributed by atoms with Gasteiger partial charge in [0.2, 0.25) is 15.8 Å². The Bertz CT molecular complexity index is 2290. The van der Waals surface area contributed by atoms with Gasteiger partial charge in [-0.25, -0.2) is 21.6 Å². The third kappa shape index (κ3) is 9.46. The Morgan fingerprint density at radius 2 is 1.25 bits per heavy atom.